The van der Waals surface area contributed by atoms with Crippen LogP contribution >= 0.6 is 0 Å². The maximum Gasteiger partial charge on any atom is 0.240 e. The Morgan fingerprint density at radius 1 is 1.35 bits per heavy atom. The number of nitrogens with two attached hydrogens (primary N) is 1. The van der Waals surface area contributed by atoms with Gasteiger partial charge in [0, 0.05) is 12.3 Å². The Labute approximate surface area is 97.4 Å². The Kier molecular flexibility index (Phi) is 3.15. The van der Waals surface area contributed by atoms with Crippen LogP contribution in [0.4, 0.5) is 10.3 Å². The summed E-state index contributed by atoms with van der Waals surface area (Å²) in [4.78, 5) is 7.84. The van der Waals surface area contributed by atoms with E-state index < -0.39 is 0 Å². The number of hydrogen-bond donors (Lipinski definition) is 2. The van der Waals surface area contributed by atoms with Gasteiger partial charge in [-0.3, -0.25) is 5.43 Å². The van der Waals surface area contributed by atoms with Gasteiger partial charge in [-0.15, -0.1) is 0 Å². The molecule has 0 amide bonds. The SMILES string of the molecule is Cc1cc(F)ccc1Oc1ccnc(NN)n1. The number of benzene rings is 1. The van der Waals surface area contributed by atoms with E-state index in [2.05, 4.69) is 15.4 Å². The van der Waals surface area contributed by atoms with E-state index in [9.17, 15) is 4.39 Å². The van der Waals surface area contributed by atoms with Crippen LogP contribution in [0.25, 0.3) is 0 Å². The maximum atomic E-state index is 12.9. The molecule has 0 radical (unpaired) electrons. The number of halogens is 1. The van der Waals surface area contributed by atoms with E-state index in [0.29, 0.717) is 17.2 Å². The van der Waals surface area contributed by atoms with Gasteiger partial charge >= 0.3 is 0 Å². The molecule has 0 fully saturated rings. The quantitative estimate of drug-likeness (QED) is 0.627. The number of nitrogens with one attached hydrogen (secondary N) is 1. The van der Waals surface area contributed by atoms with Gasteiger partial charge in [0.15, 0.2) is 0 Å². The van der Waals surface area contributed by atoms with Crippen LogP contribution in [-0.4, -0.2) is 9.97 Å². The fourth-order valence-electron chi connectivity index (χ4n) is 1.31. The molecule has 3 N–H and O–H groups in total. The molecule has 0 saturated carbocycles. The minimum atomic E-state index is -0.304. The molecule has 17 heavy (non-hydrogen) atoms. The van der Waals surface area contributed by atoms with E-state index in [1.807, 2.05) is 0 Å². The van der Waals surface area contributed by atoms with Crippen molar-refractivity contribution in [2.75, 3.05) is 5.43 Å². The second-order valence-corrected chi connectivity index (χ2v) is 3.37. The number of hydrogen-bond acceptors (Lipinski definition) is 5. The van der Waals surface area contributed by atoms with Crippen LogP contribution in [0.15, 0.2) is 30.5 Å². The lowest BCUT2D eigenvalue weighted by molar-refractivity contribution is 0.457. The minimum absolute atomic E-state index is 0.252. The molecule has 0 unspecified atom stereocenters. The number of anilines is 1. The number of ether oxygens (including phenoxy) is 1. The highest BCUT2D eigenvalue weighted by molar-refractivity contribution is 5.36. The summed E-state index contributed by atoms with van der Waals surface area (Å²) in [6.07, 6.45) is 1.51. The third-order valence-electron chi connectivity index (χ3n) is 2.11. The first kappa shape index (κ1) is 11.3. The van der Waals surface area contributed by atoms with Crippen LogP contribution in [0.2, 0.25) is 0 Å². The van der Waals surface area contributed by atoms with Crippen LogP contribution in [0.1, 0.15) is 5.56 Å². The summed E-state index contributed by atoms with van der Waals surface area (Å²) in [5.41, 5.74) is 3.00. The molecule has 2 rings (SSSR count). The van der Waals surface area contributed by atoms with Gasteiger partial charge < -0.3 is 4.74 Å². The van der Waals surface area contributed by atoms with Crippen LogP contribution < -0.4 is 16.0 Å². The molecule has 0 aliphatic carbocycles. The molecule has 88 valence electrons. The largest absolute Gasteiger partial charge is 0.439 e. The van der Waals surface area contributed by atoms with Gasteiger partial charge in [0.1, 0.15) is 11.6 Å². The summed E-state index contributed by atoms with van der Waals surface area (Å²) in [6, 6.07) is 5.84. The second-order valence-electron chi connectivity index (χ2n) is 3.37. The number of rotatable bonds is 3. The van der Waals surface area contributed by atoms with Gasteiger partial charge in [0.2, 0.25) is 11.8 Å². The highest BCUT2D eigenvalue weighted by Crippen LogP contribution is 2.24. The average Bonchev–Trinajstić information content (AvgIpc) is 2.33. The van der Waals surface area contributed by atoms with Gasteiger partial charge in [0.05, 0.1) is 0 Å². The van der Waals surface area contributed by atoms with Gasteiger partial charge in [-0.2, -0.15) is 4.98 Å². The lowest BCUT2D eigenvalue weighted by Gasteiger charge is -2.08. The highest BCUT2D eigenvalue weighted by Gasteiger charge is 2.04. The molecule has 1 aromatic carbocycles. The molecular weight excluding hydrogens is 223 g/mol. The summed E-state index contributed by atoms with van der Waals surface area (Å²) in [6.45, 7) is 1.75. The first-order chi connectivity index (χ1) is 8.19. The number of aryl methyl sites for hydroxylation is 1. The molecule has 1 heterocycles. The molecule has 2 aromatic rings. The van der Waals surface area contributed by atoms with E-state index in [1.165, 1.54) is 18.3 Å². The van der Waals surface area contributed by atoms with Crippen molar-refractivity contribution in [3.05, 3.63) is 41.8 Å². The molecule has 0 atom stereocenters. The Morgan fingerprint density at radius 3 is 2.88 bits per heavy atom. The zero-order valence-corrected chi connectivity index (χ0v) is 9.14. The topological polar surface area (TPSA) is 73.1 Å². The molecule has 6 heteroatoms. The number of hydrazine groups is 1. The fourth-order valence-corrected chi connectivity index (χ4v) is 1.31. The normalized spacial score (nSPS) is 10.1. The third kappa shape index (κ3) is 2.67. The molecule has 1 aromatic heterocycles. The van der Waals surface area contributed by atoms with Gasteiger partial charge in [-0.1, -0.05) is 0 Å². The van der Waals surface area contributed by atoms with Crippen molar-refractivity contribution >= 4 is 5.95 Å². The summed E-state index contributed by atoms with van der Waals surface area (Å²) >= 11 is 0. The number of nitrogen functional groups attached to an aromatic ring is 1. The smallest absolute Gasteiger partial charge is 0.240 e. The lowest BCUT2D eigenvalue weighted by atomic mass is 10.2. The summed E-state index contributed by atoms with van der Waals surface area (Å²) in [5, 5.41) is 0. The standard InChI is InChI=1S/C11H11FN4O/c1-7-6-8(12)2-3-9(7)17-10-4-5-14-11(15-10)16-13/h2-6H,13H2,1H3,(H,14,15,16). The monoisotopic (exact) mass is 234 g/mol. The zero-order valence-electron chi connectivity index (χ0n) is 9.14. The molecule has 0 bridgehead atoms. The summed E-state index contributed by atoms with van der Waals surface area (Å²) in [7, 11) is 0. The first-order valence-corrected chi connectivity index (χ1v) is 4.92. The van der Waals surface area contributed by atoms with Crippen LogP contribution in [0.5, 0.6) is 11.6 Å². The number of nitrogens with zero attached hydrogens (tertiary/aromatic N) is 2. The third-order valence-corrected chi connectivity index (χ3v) is 2.11. The second kappa shape index (κ2) is 4.75. The van der Waals surface area contributed by atoms with Crippen molar-refractivity contribution in [2.45, 2.75) is 6.92 Å². The Hall–Kier alpha value is -2.21. The average molecular weight is 234 g/mol. The van der Waals surface area contributed by atoms with Gasteiger partial charge in [0.25, 0.3) is 0 Å². The zero-order chi connectivity index (χ0) is 12.3. The lowest BCUT2D eigenvalue weighted by Crippen LogP contribution is -2.10. The summed E-state index contributed by atoms with van der Waals surface area (Å²) in [5.74, 6) is 6.00. The number of aromatic nitrogens is 2. The van der Waals surface area contributed by atoms with E-state index in [-0.39, 0.29) is 11.8 Å². The van der Waals surface area contributed by atoms with Crippen molar-refractivity contribution < 1.29 is 9.13 Å². The first-order valence-electron chi connectivity index (χ1n) is 4.92. The Morgan fingerprint density at radius 2 is 2.18 bits per heavy atom. The van der Waals surface area contributed by atoms with Crippen molar-refractivity contribution in [2.24, 2.45) is 5.84 Å². The minimum Gasteiger partial charge on any atom is -0.439 e. The van der Waals surface area contributed by atoms with Crippen LogP contribution in [0, 0.1) is 12.7 Å². The Bertz CT molecular complexity index is 533. The molecule has 5 nitrogen and oxygen atoms in total. The predicted octanol–water partition coefficient (Wildman–Crippen LogP) is 2.00. The van der Waals surface area contributed by atoms with Crippen molar-refractivity contribution in [3.63, 3.8) is 0 Å². The molecule has 0 saturated heterocycles. The summed E-state index contributed by atoms with van der Waals surface area (Å²) < 4.78 is 18.4. The van der Waals surface area contributed by atoms with Crippen molar-refractivity contribution in [1.82, 2.24) is 9.97 Å². The Balaban J connectivity index is 2.25. The molecular formula is C11H11FN4O. The van der Waals surface area contributed by atoms with Crippen molar-refractivity contribution in [1.29, 1.82) is 0 Å². The van der Waals surface area contributed by atoms with Crippen LogP contribution in [-0.2, 0) is 0 Å². The molecule has 0 aliphatic heterocycles. The predicted molar refractivity (Wildman–Crippen MR) is 61.1 cm³/mol. The van der Waals surface area contributed by atoms with Gasteiger partial charge in [-0.05, 0) is 30.7 Å². The van der Waals surface area contributed by atoms with E-state index in [4.69, 9.17) is 10.6 Å². The molecule has 0 aliphatic rings. The van der Waals surface area contributed by atoms with Gasteiger partial charge in [-0.25, -0.2) is 15.2 Å². The van der Waals surface area contributed by atoms with Crippen LogP contribution in [0.3, 0.4) is 0 Å². The van der Waals surface area contributed by atoms with E-state index in [0.717, 1.165) is 0 Å². The maximum absolute atomic E-state index is 12.9. The fraction of sp³-hybridized carbons (Fsp3) is 0.0909. The van der Waals surface area contributed by atoms with E-state index in [1.54, 1.807) is 19.1 Å². The molecule has 0 spiro atoms. The highest BCUT2D eigenvalue weighted by atomic mass is 19.1. The van der Waals surface area contributed by atoms with Crippen molar-refractivity contribution in [3.8, 4) is 11.6 Å². The van der Waals surface area contributed by atoms with E-state index >= 15 is 0 Å².